The molecule has 0 aliphatic heterocycles. The number of benzene rings is 7. The van der Waals surface area contributed by atoms with Crippen LogP contribution in [-0.2, 0) is 10.8 Å². The Bertz CT molecular complexity index is 2630. The van der Waals surface area contributed by atoms with Crippen molar-refractivity contribution < 1.29 is 0 Å². The number of anilines is 3. The van der Waals surface area contributed by atoms with Gasteiger partial charge >= 0.3 is 0 Å². The molecule has 0 aromatic heterocycles. The maximum absolute atomic E-state index is 2.55. The molecule has 0 radical (unpaired) electrons. The Morgan fingerprint density at radius 1 is 0.411 bits per heavy atom. The fraction of sp³-hybridized carbons (Fsp3) is 0.236. The molecule has 13 rings (SSSR count). The van der Waals surface area contributed by atoms with E-state index in [-0.39, 0.29) is 10.8 Å². The van der Waals surface area contributed by atoms with Gasteiger partial charge in [0.1, 0.15) is 0 Å². The van der Waals surface area contributed by atoms with Crippen molar-refractivity contribution in [2.75, 3.05) is 4.90 Å². The highest BCUT2D eigenvalue weighted by molar-refractivity contribution is 5.91. The quantitative estimate of drug-likeness (QED) is 0.171. The summed E-state index contributed by atoms with van der Waals surface area (Å²) in [5.74, 6) is 3.49. The molecule has 7 aromatic carbocycles. The Balaban J connectivity index is 0.963. The van der Waals surface area contributed by atoms with Crippen molar-refractivity contribution >= 4 is 17.1 Å². The van der Waals surface area contributed by atoms with Crippen molar-refractivity contribution in [3.63, 3.8) is 0 Å². The second kappa shape index (κ2) is 11.9. The Morgan fingerprint density at radius 3 is 1.57 bits per heavy atom. The molecule has 0 heterocycles. The fourth-order valence-electron chi connectivity index (χ4n) is 13.0. The molecule has 0 amide bonds. The molecule has 0 saturated heterocycles. The van der Waals surface area contributed by atoms with Gasteiger partial charge in [-0.05, 0) is 159 Å². The van der Waals surface area contributed by atoms with Crippen molar-refractivity contribution in [2.45, 2.75) is 56.8 Å². The van der Waals surface area contributed by atoms with Gasteiger partial charge in [0.05, 0.1) is 5.69 Å². The number of hydrogen-bond donors (Lipinski definition) is 0. The van der Waals surface area contributed by atoms with E-state index in [0.717, 1.165) is 29.4 Å². The summed E-state index contributed by atoms with van der Waals surface area (Å²) in [6.45, 7) is 4.78. The van der Waals surface area contributed by atoms with Crippen LogP contribution in [0.25, 0.3) is 44.5 Å². The van der Waals surface area contributed by atoms with E-state index < -0.39 is 0 Å². The van der Waals surface area contributed by atoms with Crippen molar-refractivity contribution in [3.8, 4) is 44.5 Å². The van der Waals surface area contributed by atoms with Crippen molar-refractivity contribution in [3.05, 3.63) is 186 Å². The monoisotopic (exact) mass is 721 g/mol. The summed E-state index contributed by atoms with van der Waals surface area (Å²) < 4.78 is 0. The van der Waals surface area contributed by atoms with Gasteiger partial charge in [-0.15, -0.1) is 0 Å². The molecule has 4 bridgehead atoms. The van der Waals surface area contributed by atoms with Crippen LogP contribution in [0.2, 0.25) is 0 Å². The SMILES string of the molecule is CC1(C)c2ccccc2-c2cccc(N(c3ccc(-c4ccccc4)cc3)c3ccc(-c4ccc5c(c4)-c4ccccc4C54C5CC6CC(C5)CC4C6)cc3)c21. The minimum Gasteiger partial charge on any atom is -0.310 e. The first kappa shape index (κ1) is 32.6. The maximum atomic E-state index is 2.55. The topological polar surface area (TPSA) is 3.24 Å². The molecule has 6 aliphatic rings. The zero-order valence-electron chi connectivity index (χ0n) is 32.4. The lowest BCUT2D eigenvalue weighted by Crippen LogP contribution is -2.55. The Hall–Kier alpha value is -5.66. The van der Waals surface area contributed by atoms with Crippen LogP contribution in [-0.4, -0.2) is 0 Å². The normalized spacial score (nSPS) is 24.1. The van der Waals surface area contributed by atoms with Gasteiger partial charge in [-0.1, -0.05) is 141 Å². The summed E-state index contributed by atoms with van der Waals surface area (Å²) in [7, 11) is 0. The van der Waals surface area contributed by atoms with Crippen molar-refractivity contribution in [1.29, 1.82) is 0 Å². The molecular weight excluding hydrogens is 675 g/mol. The first-order valence-electron chi connectivity index (χ1n) is 21.0. The van der Waals surface area contributed by atoms with Crippen molar-refractivity contribution in [2.24, 2.45) is 23.7 Å². The number of hydrogen-bond acceptors (Lipinski definition) is 1. The summed E-state index contributed by atoms with van der Waals surface area (Å²) in [6.07, 6.45) is 7.17. The van der Waals surface area contributed by atoms with Gasteiger partial charge in [-0.3, -0.25) is 0 Å². The van der Waals surface area contributed by atoms with Crippen LogP contribution >= 0.6 is 0 Å². The predicted molar refractivity (Wildman–Crippen MR) is 233 cm³/mol. The first-order chi connectivity index (χ1) is 27.5. The Labute approximate surface area is 331 Å². The van der Waals surface area contributed by atoms with Gasteiger partial charge < -0.3 is 4.90 Å². The largest absolute Gasteiger partial charge is 0.310 e. The van der Waals surface area contributed by atoms with Gasteiger partial charge in [0.25, 0.3) is 0 Å². The Morgan fingerprint density at radius 2 is 0.911 bits per heavy atom. The van der Waals surface area contributed by atoms with Crippen LogP contribution in [0.5, 0.6) is 0 Å². The minimum atomic E-state index is -0.139. The lowest BCUT2D eigenvalue weighted by atomic mass is 9.43. The standard InChI is InChI=1S/C55H47N/c1-54(2)49-16-8-6-13-45(49)47-15-10-18-52(53(47)54)56(43-24-19-38(20-25-43)37-11-4-3-5-12-37)44-26-21-39(22-27-44)40-23-28-51-48(34-40)46-14-7-9-17-50(46)55(51)41-30-35-29-36(32-41)33-42(55)31-35/h3-28,34-36,41-42H,29-33H2,1-2H3. The van der Waals surface area contributed by atoms with Crippen LogP contribution in [0.3, 0.4) is 0 Å². The van der Waals surface area contributed by atoms with E-state index in [1.165, 1.54) is 99.1 Å². The van der Waals surface area contributed by atoms with Gasteiger partial charge in [0.15, 0.2) is 0 Å². The van der Waals surface area contributed by atoms with E-state index in [0.29, 0.717) is 0 Å². The van der Waals surface area contributed by atoms with Crippen LogP contribution in [0.4, 0.5) is 17.1 Å². The molecule has 4 fully saturated rings. The number of nitrogens with zero attached hydrogens (tertiary/aromatic N) is 1. The highest BCUT2D eigenvalue weighted by Crippen LogP contribution is 2.69. The summed E-state index contributed by atoms with van der Waals surface area (Å²) >= 11 is 0. The molecule has 6 aliphatic carbocycles. The number of fused-ring (bicyclic) bond motifs is 6. The second-order valence-electron chi connectivity index (χ2n) is 18.1. The van der Waals surface area contributed by atoms with E-state index in [1.54, 1.807) is 11.1 Å². The first-order valence-corrected chi connectivity index (χ1v) is 21.0. The van der Waals surface area contributed by atoms with Crippen LogP contribution < -0.4 is 4.90 Å². The molecule has 1 nitrogen and oxygen atoms in total. The highest BCUT2D eigenvalue weighted by atomic mass is 15.1. The Kier molecular flexibility index (Phi) is 6.93. The summed E-state index contributed by atoms with van der Waals surface area (Å²) in [5.41, 5.74) is 20.4. The summed E-state index contributed by atoms with van der Waals surface area (Å²) in [5, 5.41) is 0. The lowest BCUT2D eigenvalue weighted by molar-refractivity contribution is -0.0399. The van der Waals surface area contributed by atoms with Gasteiger partial charge in [-0.25, -0.2) is 0 Å². The van der Waals surface area contributed by atoms with E-state index in [2.05, 4.69) is 183 Å². The fourth-order valence-corrected chi connectivity index (χ4v) is 13.0. The smallest absolute Gasteiger partial charge is 0.0508 e. The molecule has 4 saturated carbocycles. The van der Waals surface area contributed by atoms with Gasteiger partial charge in [0, 0.05) is 22.2 Å². The molecule has 56 heavy (non-hydrogen) atoms. The van der Waals surface area contributed by atoms with Crippen LogP contribution in [0.1, 0.15) is 68.2 Å². The summed E-state index contributed by atoms with van der Waals surface area (Å²) in [6, 6.07) is 62.1. The molecule has 0 unspecified atom stereocenters. The highest BCUT2D eigenvalue weighted by Gasteiger charge is 2.61. The third-order valence-corrected chi connectivity index (χ3v) is 15.0. The van der Waals surface area contributed by atoms with E-state index >= 15 is 0 Å². The third-order valence-electron chi connectivity index (χ3n) is 15.0. The van der Waals surface area contributed by atoms with Crippen LogP contribution in [0.15, 0.2) is 164 Å². The molecule has 7 aromatic rings. The molecule has 1 heteroatoms. The zero-order valence-corrected chi connectivity index (χ0v) is 32.4. The second-order valence-corrected chi connectivity index (χ2v) is 18.1. The third kappa shape index (κ3) is 4.49. The lowest BCUT2D eigenvalue weighted by Gasteiger charge is -2.61. The van der Waals surface area contributed by atoms with E-state index in [9.17, 15) is 0 Å². The predicted octanol–water partition coefficient (Wildman–Crippen LogP) is 14.5. The molecule has 1 spiro atoms. The maximum Gasteiger partial charge on any atom is 0.0508 e. The van der Waals surface area contributed by atoms with E-state index in [4.69, 9.17) is 0 Å². The molecule has 272 valence electrons. The number of rotatable bonds is 5. The molecule has 0 N–H and O–H groups in total. The molecule has 0 atom stereocenters. The average Bonchev–Trinajstić information content (AvgIpc) is 3.66. The summed E-state index contributed by atoms with van der Waals surface area (Å²) in [4.78, 5) is 2.49. The van der Waals surface area contributed by atoms with Crippen LogP contribution in [0, 0.1) is 23.7 Å². The zero-order chi connectivity index (χ0) is 37.2. The van der Waals surface area contributed by atoms with E-state index in [1.807, 2.05) is 0 Å². The molecular formula is C55H47N. The van der Waals surface area contributed by atoms with Gasteiger partial charge in [-0.2, -0.15) is 0 Å². The average molecular weight is 722 g/mol. The minimum absolute atomic E-state index is 0.139. The van der Waals surface area contributed by atoms with Crippen molar-refractivity contribution in [1.82, 2.24) is 0 Å². The van der Waals surface area contributed by atoms with Gasteiger partial charge in [0.2, 0.25) is 0 Å².